The van der Waals surface area contributed by atoms with E-state index in [-0.39, 0.29) is 12.1 Å². The van der Waals surface area contributed by atoms with E-state index in [9.17, 15) is 0 Å². The van der Waals surface area contributed by atoms with Crippen LogP contribution in [0.1, 0.15) is 30.1 Å². The first kappa shape index (κ1) is 19.3. The molecule has 2 atom stereocenters. The molecule has 0 unspecified atom stereocenters. The van der Waals surface area contributed by atoms with Gasteiger partial charge in [0.2, 0.25) is 0 Å². The third kappa shape index (κ3) is 3.79. The molecule has 0 bridgehead atoms. The Labute approximate surface area is 165 Å². The molecule has 6 heteroatoms. The molecule has 0 saturated carbocycles. The van der Waals surface area contributed by atoms with Gasteiger partial charge in [0, 0.05) is 23.1 Å². The van der Waals surface area contributed by atoms with E-state index in [4.69, 9.17) is 32.7 Å². The molecular weight excluding hydrogens is 371 g/mol. The highest BCUT2D eigenvalue weighted by atomic mass is 35.5. The predicted molar refractivity (Wildman–Crippen MR) is 107 cm³/mol. The number of likely N-dealkylation sites (N-methyl/N-ethyl adjacent to an activating group) is 1. The van der Waals surface area contributed by atoms with Crippen molar-refractivity contribution in [3.8, 4) is 11.5 Å². The maximum Gasteiger partial charge on any atom is 0.120 e. The molecule has 1 heterocycles. The zero-order chi connectivity index (χ0) is 18.7. The third-order valence-electron chi connectivity index (χ3n) is 4.95. The summed E-state index contributed by atoms with van der Waals surface area (Å²) in [6, 6.07) is 11.8. The summed E-state index contributed by atoms with van der Waals surface area (Å²) in [5.74, 6) is 1.51. The molecule has 1 N–H and O–H groups in total. The van der Waals surface area contributed by atoms with Gasteiger partial charge in [-0.3, -0.25) is 4.90 Å². The molecule has 0 aliphatic carbocycles. The van der Waals surface area contributed by atoms with E-state index >= 15 is 0 Å². The number of nitrogens with one attached hydrogen (secondary N) is 1. The molecule has 1 aliphatic heterocycles. The molecule has 4 nitrogen and oxygen atoms in total. The number of benzene rings is 2. The second-order valence-electron chi connectivity index (χ2n) is 6.28. The zero-order valence-electron chi connectivity index (χ0n) is 15.3. The number of ether oxygens (including phenoxy) is 2. The van der Waals surface area contributed by atoms with Crippen LogP contribution in [0.3, 0.4) is 0 Å². The molecule has 0 aromatic heterocycles. The lowest BCUT2D eigenvalue weighted by molar-refractivity contribution is 0.126. The van der Waals surface area contributed by atoms with Crippen LogP contribution < -0.4 is 14.8 Å². The van der Waals surface area contributed by atoms with Crippen molar-refractivity contribution in [2.24, 2.45) is 0 Å². The normalized spacial score (nSPS) is 20.8. The van der Waals surface area contributed by atoms with Crippen LogP contribution in [0, 0.1) is 0 Å². The lowest BCUT2D eigenvalue weighted by Gasteiger charge is -2.42. The number of halogens is 2. The smallest absolute Gasteiger partial charge is 0.120 e. The molecule has 26 heavy (non-hydrogen) atoms. The number of rotatable bonds is 5. The molecule has 3 rings (SSSR count). The molecule has 0 amide bonds. The van der Waals surface area contributed by atoms with Crippen LogP contribution in [-0.4, -0.2) is 38.8 Å². The van der Waals surface area contributed by atoms with Crippen molar-refractivity contribution in [1.29, 1.82) is 0 Å². The summed E-state index contributed by atoms with van der Waals surface area (Å²) >= 11 is 13.2. The van der Waals surface area contributed by atoms with Crippen molar-refractivity contribution in [1.82, 2.24) is 10.2 Å². The minimum absolute atomic E-state index is 0.0352. The Morgan fingerprint density at radius 1 is 1.00 bits per heavy atom. The Hall–Kier alpha value is -1.46. The fourth-order valence-corrected chi connectivity index (χ4v) is 4.17. The van der Waals surface area contributed by atoms with E-state index in [1.54, 1.807) is 14.2 Å². The second kappa shape index (κ2) is 8.49. The van der Waals surface area contributed by atoms with Gasteiger partial charge in [0.05, 0.1) is 26.3 Å². The van der Waals surface area contributed by atoms with Crippen molar-refractivity contribution < 1.29 is 9.47 Å². The highest BCUT2D eigenvalue weighted by Crippen LogP contribution is 2.42. The van der Waals surface area contributed by atoms with Crippen LogP contribution in [0.2, 0.25) is 10.0 Å². The third-order valence-corrected chi connectivity index (χ3v) is 5.60. The predicted octanol–water partition coefficient (Wildman–Crippen LogP) is 4.72. The summed E-state index contributed by atoms with van der Waals surface area (Å²) in [6.07, 6.45) is 0. The van der Waals surface area contributed by atoms with Crippen molar-refractivity contribution in [2.75, 3.05) is 33.9 Å². The molecular formula is C20H24Cl2N2O2. The molecule has 1 saturated heterocycles. The molecule has 1 fully saturated rings. The van der Waals surface area contributed by atoms with Crippen molar-refractivity contribution in [3.63, 3.8) is 0 Å². The lowest BCUT2D eigenvalue weighted by atomic mass is 9.90. The van der Waals surface area contributed by atoms with E-state index in [0.717, 1.165) is 42.3 Å². The summed E-state index contributed by atoms with van der Waals surface area (Å²) in [4.78, 5) is 2.43. The molecule has 2 aromatic rings. The van der Waals surface area contributed by atoms with Gasteiger partial charge in [-0.15, -0.1) is 0 Å². The van der Waals surface area contributed by atoms with E-state index in [0.29, 0.717) is 10.0 Å². The number of nitrogens with zero attached hydrogens (tertiary/aromatic N) is 1. The fourth-order valence-electron chi connectivity index (χ4n) is 3.60. The van der Waals surface area contributed by atoms with Gasteiger partial charge in [-0.25, -0.2) is 0 Å². The van der Waals surface area contributed by atoms with Crippen LogP contribution in [-0.2, 0) is 0 Å². The minimum Gasteiger partial charge on any atom is -0.497 e. The first-order valence-electron chi connectivity index (χ1n) is 8.73. The average molecular weight is 395 g/mol. The summed E-state index contributed by atoms with van der Waals surface area (Å²) in [6.45, 7) is 4.94. The first-order chi connectivity index (χ1) is 12.6. The zero-order valence-corrected chi connectivity index (χ0v) is 16.8. The van der Waals surface area contributed by atoms with Crippen molar-refractivity contribution >= 4 is 23.2 Å². The molecule has 140 valence electrons. The van der Waals surface area contributed by atoms with Crippen LogP contribution in [0.25, 0.3) is 0 Å². The van der Waals surface area contributed by atoms with E-state index in [2.05, 4.69) is 17.1 Å². The Morgan fingerprint density at radius 3 is 2.08 bits per heavy atom. The van der Waals surface area contributed by atoms with Crippen molar-refractivity contribution in [3.05, 3.63) is 57.6 Å². The van der Waals surface area contributed by atoms with E-state index < -0.39 is 0 Å². The highest BCUT2D eigenvalue weighted by molar-refractivity contribution is 6.32. The van der Waals surface area contributed by atoms with Crippen LogP contribution in [0.4, 0.5) is 0 Å². The average Bonchev–Trinajstić information content (AvgIpc) is 2.67. The van der Waals surface area contributed by atoms with Gasteiger partial charge in [0.15, 0.2) is 0 Å². The largest absolute Gasteiger partial charge is 0.497 e. The Bertz CT molecular complexity index is 769. The minimum atomic E-state index is 0.0352. The van der Waals surface area contributed by atoms with Crippen LogP contribution in [0.5, 0.6) is 11.5 Å². The Kier molecular flexibility index (Phi) is 6.30. The quantitative estimate of drug-likeness (QED) is 0.795. The number of piperazine rings is 1. The monoisotopic (exact) mass is 394 g/mol. The molecule has 2 aromatic carbocycles. The Morgan fingerprint density at radius 2 is 1.58 bits per heavy atom. The summed E-state index contributed by atoms with van der Waals surface area (Å²) in [7, 11) is 3.29. The standard InChI is InChI=1S/C20H24Cl2N2O2/c1-4-24-10-9-23-19(15-7-5-13(25-2)11-17(15)21)20(24)16-8-6-14(26-3)12-18(16)22/h5-8,11-12,19-20,23H,4,9-10H2,1-3H3/t19-,20+/m1/s1. The van der Waals surface area contributed by atoms with Gasteiger partial charge in [0.25, 0.3) is 0 Å². The summed E-state index contributed by atoms with van der Waals surface area (Å²) in [5, 5.41) is 5.01. The second-order valence-corrected chi connectivity index (χ2v) is 7.09. The number of hydrogen-bond donors (Lipinski definition) is 1. The fraction of sp³-hybridized carbons (Fsp3) is 0.400. The van der Waals surface area contributed by atoms with Crippen LogP contribution in [0.15, 0.2) is 36.4 Å². The summed E-state index contributed by atoms with van der Waals surface area (Å²) in [5.41, 5.74) is 2.11. The van der Waals surface area contributed by atoms with Gasteiger partial charge in [-0.05, 0) is 41.9 Å². The maximum atomic E-state index is 6.62. The maximum absolute atomic E-state index is 6.62. The first-order valence-corrected chi connectivity index (χ1v) is 9.49. The van der Waals surface area contributed by atoms with Gasteiger partial charge < -0.3 is 14.8 Å². The van der Waals surface area contributed by atoms with Gasteiger partial charge in [-0.1, -0.05) is 42.3 Å². The van der Waals surface area contributed by atoms with E-state index in [1.807, 2.05) is 36.4 Å². The number of hydrogen-bond acceptors (Lipinski definition) is 4. The van der Waals surface area contributed by atoms with E-state index in [1.165, 1.54) is 0 Å². The SMILES string of the molecule is CCN1CCN[C@H](c2ccc(OC)cc2Cl)[C@@H]1c1ccc(OC)cc1Cl. The summed E-state index contributed by atoms with van der Waals surface area (Å²) < 4.78 is 10.6. The lowest BCUT2D eigenvalue weighted by Crippen LogP contribution is -2.48. The molecule has 0 radical (unpaired) electrons. The Balaban J connectivity index is 2.05. The van der Waals surface area contributed by atoms with Gasteiger partial charge in [0.1, 0.15) is 11.5 Å². The van der Waals surface area contributed by atoms with Gasteiger partial charge >= 0.3 is 0 Å². The number of methoxy groups -OCH3 is 2. The molecule has 1 aliphatic rings. The van der Waals surface area contributed by atoms with Crippen LogP contribution >= 0.6 is 23.2 Å². The highest BCUT2D eigenvalue weighted by Gasteiger charge is 2.35. The van der Waals surface area contributed by atoms with Crippen molar-refractivity contribution in [2.45, 2.75) is 19.0 Å². The van der Waals surface area contributed by atoms with Gasteiger partial charge in [-0.2, -0.15) is 0 Å². The molecule has 0 spiro atoms. The topological polar surface area (TPSA) is 33.7 Å².